The van der Waals surface area contributed by atoms with Crippen molar-refractivity contribution in [2.45, 2.75) is 16.4 Å². The Morgan fingerprint density at radius 1 is 1.12 bits per heavy atom. The number of rotatable bonds is 7. The Kier molecular flexibility index (Phi) is 7.79. The minimum Gasteiger partial charge on any atom is -0.375 e. The van der Waals surface area contributed by atoms with Gasteiger partial charge in [0.1, 0.15) is 0 Å². The molecule has 1 aromatic carbocycles. The highest BCUT2D eigenvalue weighted by atomic mass is 127. The van der Waals surface area contributed by atoms with Crippen LogP contribution in [0.3, 0.4) is 0 Å². The van der Waals surface area contributed by atoms with Crippen LogP contribution in [0, 0.1) is 0 Å². The Balaban J connectivity index is 2.28. The number of hydrogen-bond acceptors (Lipinski definition) is 1. The summed E-state index contributed by atoms with van der Waals surface area (Å²) in [7, 11) is 0. The molecule has 0 amide bonds. The molecule has 0 fully saturated rings. The first-order valence-electron chi connectivity index (χ1n) is 5.19. The molecule has 0 aromatic heterocycles. The van der Waals surface area contributed by atoms with E-state index >= 15 is 0 Å². The summed E-state index contributed by atoms with van der Waals surface area (Å²) in [6, 6.07) is 10.3. The first-order chi connectivity index (χ1) is 7.77. The molecule has 0 saturated heterocycles. The molecule has 0 heterocycles. The van der Waals surface area contributed by atoms with Gasteiger partial charge in [-0.15, -0.1) is 23.2 Å². The summed E-state index contributed by atoms with van der Waals surface area (Å²) < 4.78 is 5.99. The summed E-state index contributed by atoms with van der Waals surface area (Å²) in [5, 5.41) is 0. The maximum atomic E-state index is 5.83. The minimum absolute atomic E-state index is 0.0449. The normalized spacial score (nSPS) is 14.7. The summed E-state index contributed by atoms with van der Waals surface area (Å²) in [4.78, 5) is 0. The smallest absolute Gasteiger partial charge is 0.0839 e. The van der Waals surface area contributed by atoms with Crippen LogP contribution in [0.2, 0.25) is 0 Å². The lowest BCUT2D eigenvalue weighted by atomic mass is 10.2. The molecule has 4 heteroatoms. The van der Waals surface area contributed by atoms with E-state index in [4.69, 9.17) is 27.9 Å². The molecule has 0 saturated carbocycles. The van der Waals surface area contributed by atoms with Crippen molar-refractivity contribution in [2.24, 2.45) is 0 Å². The fourth-order valence-electron chi connectivity index (χ4n) is 1.32. The van der Waals surface area contributed by atoms with E-state index in [1.54, 1.807) is 0 Å². The fourth-order valence-corrected chi connectivity index (χ4v) is 2.58. The van der Waals surface area contributed by atoms with Crippen LogP contribution < -0.4 is 0 Å². The van der Waals surface area contributed by atoms with Crippen molar-refractivity contribution >= 4 is 45.8 Å². The summed E-state index contributed by atoms with van der Waals surface area (Å²) in [5.74, 6) is 1.07. The zero-order valence-electron chi connectivity index (χ0n) is 8.91. The van der Waals surface area contributed by atoms with Crippen LogP contribution in [-0.4, -0.2) is 28.4 Å². The highest BCUT2D eigenvalue weighted by Gasteiger charge is 2.17. The predicted molar refractivity (Wildman–Crippen MR) is 79.1 cm³/mol. The minimum atomic E-state index is 0.0449. The van der Waals surface area contributed by atoms with Crippen LogP contribution in [0.1, 0.15) is 5.56 Å². The van der Waals surface area contributed by atoms with Gasteiger partial charge in [0.15, 0.2) is 0 Å². The van der Waals surface area contributed by atoms with Gasteiger partial charge in [-0.05, 0) is 12.0 Å². The molecule has 0 aliphatic carbocycles. The van der Waals surface area contributed by atoms with E-state index in [2.05, 4.69) is 34.7 Å². The van der Waals surface area contributed by atoms with E-state index in [-0.39, 0.29) is 10.0 Å². The number of halogens is 3. The Hall–Kier alpha value is 0.490. The predicted octanol–water partition coefficient (Wildman–Crippen LogP) is 3.90. The van der Waals surface area contributed by atoms with Gasteiger partial charge in [-0.25, -0.2) is 0 Å². The third-order valence-corrected chi connectivity index (χ3v) is 4.67. The fraction of sp³-hybridized carbons (Fsp3) is 0.500. The first kappa shape index (κ1) is 14.6. The second-order valence-corrected chi connectivity index (χ2v) is 5.69. The second kappa shape index (κ2) is 8.56. The van der Waals surface area contributed by atoms with Crippen LogP contribution in [-0.2, 0) is 11.2 Å². The molecule has 0 aliphatic heterocycles. The lowest BCUT2D eigenvalue weighted by molar-refractivity contribution is 0.0753. The molecule has 0 spiro atoms. The van der Waals surface area contributed by atoms with Gasteiger partial charge in [0.25, 0.3) is 0 Å². The zero-order valence-corrected chi connectivity index (χ0v) is 12.6. The monoisotopic (exact) mass is 372 g/mol. The van der Waals surface area contributed by atoms with Crippen molar-refractivity contribution in [3.8, 4) is 0 Å². The average Bonchev–Trinajstić information content (AvgIpc) is 2.35. The van der Waals surface area contributed by atoms with Crippen LogP contribution in [0.5, 0.6) is 0 Å². The molecule has 1 nitrogen and oxygen atoms in total. The van der Waals surface area contributed by atoms with Crippen LogP contribution >= 0.6 is 45.8 Å². The highest BCUT2D eigenvalue weighted by Crippen LogP contribution is 2.14. The van der Waals surface area contributed by atoms with E-state index in [0.717, 1.165) is 6.42 Å². The molecule has 2 unspecified atom stereocenters. The molecular formula is C12H15Cl2IO. The standard InChI is InChI=1S/C12H15Cl2IO/c13-8-11(15)12(9-14)16-7-6-10-4-2-1-3-5-10/h1-5,11-12H,6-9H2. The van der Waals surface area contributed by atoms with Gasteiger partial charge in [-0.2, -0.15) is 0 Å². The third-order valence-electron chi connectivity index (χ3n) is 2.27. The van der Waals surface area contributed by atoms with Crippen LogP contribution in [0.25, 0.3) is 0 Å². The third kappa shape index (κ3) is 5.21. The maximum Gasteiger partial charge on any atom is 0.0839 e. The van der Waals surface area contributed by atoms with E-state index < -0.39 is 0 Å². The van der Waals surface area contributed by atoms with Crippen LogP contribution in [0.4, 0.5) is 0 Å². The number of benzene rings is 1. The molecule has 1 aromatic rings. The van der Waals surface area contributed by atoms with Gasteiger partial charge < -0.3 is 4.74 Å². The van der Waals surface area contributed by atoms with Gasteiger partial charge in [-0.3, -0.25) is 0 Å². The average molecular weight is 373 g/mol. The van der Waals surface area contributed by atoms with E-state index in [9.17, 15) is 0 Å². The molecule has 0 bridgehead atoms. The van der Waals surface area contributed by atoms with Gasteiger partial charge in [0.05, 0.1) is 16.6 Å². The largest absolute Gasteiger partial charge is 0.375 e. The number of hydrogen-bond donors (Lipinski definition) is 0. The molecular weight excluding hydrogens is 358 g/mol. The van der Waals surface area contributed by atoms with Gasteiger partial charge >= 0.3 is 0 Å². The summed E-state index contributed by atoms with van der Waals surface area (Å²) >= 11 is 13.9. The van der Waals surface area contributed by atoms with Crippen molar-refractivity contribution in [3.05, 3.63) is 35.9 Å². The molecule has 0 radical (unpaired) electrons. The van der Waals surface area contributed by atoms with E-state index in [0.29, 0.717) is 18.4 Å². The Labute approximate surface area is 121 Å². The maximum absolute atomic E-state index is 5.83. The quantitative estimate of drug-likeness (QED) is 0.521. The van der Waals surface area contributed by atoms with Crippen molar-refractivity contribution in [1.29, 1.82) is 0 Å². The topological polar surface area (TPSA) is 9.23 Å². The highest BCUT2D eigenvalue weighted by molar-refractivity contribution is 14.1. The molecule has 16 heavy (non-hydrogen) atoms. The summed E-state index contributed by atoms with van der Waals surface area (Å²) in [5.41, 5.74) is 1.28. The number of alkyl halides is 3. The van der Waals surface area contributed by atoms with Crippen LogP contribution in [0.15, 0.2) is 30.3 Å². The molecule has 1 rings (SSSR count). The lowest BCUT2D eigenvalue weighted by Gasteiger charge is -2.19. The van der Waals surface area contributed by atoms with Gasteiger partial charge in [0.2, 0.25) is 0 Å². The summed E-state index contributed by atoms with van der Waals surface area (Å²) in [6.45, 7) is 0.692. The first-order valence-corrected chi connectivity index (χ1v) is 7.51. The lowest BCUT2D eigenvalue weighted by Crippen LogP contribution is -2.28. The van der Waals surface area contributed by atoms with Crippen molar-refractivity contribution in [3.63, 3.8) is 0 Å². The van der Waals surface area contributed by atoms with Crippen molar-refractivity contribution in [2.75, 3.05) is 18.4 Å². The Bertz CT molecular complexity index is 282. The Morgan fingerprint density at radius 2 is 1.81 bits per heavy atom. The zero-order chi connectivity index (χ0) is 11.8. The van der Waals surface area contributed by atoms with Gasteiger partial charge in [-0.1, -0.05) is 52.9 Å². The van der Waals surface area contributed by atoms with E-state index in [1.165, 1.54) is 5.56 Å². The molecule has 0 aliphatic rings. The molecule has 2 atom stereocenters. The van der Waals surface area contributed by atoms with Crippen molar-refractivity contribution in [1.82, 2.24) is 0 Å². The Morgan fingerprint density at radius 3 is 2.38 bits per heavy atom. The number of ether oxygens (including phenoxy) is 1. The molecule has 90 valence electrons. The SMILES string of the molecule is ClCC(I)C(CCl)OCCc1ccccc1. The second-order valence-electron chi connectivity index (χ2n) is 3.47. The molecule has 0 N–H and O–H groups in total. The van der Waals surface area contributed by atoms with E-state index in [1.807, 2.05) is 18.2 Å². The summed E-state index contributed by atoms with van der Waals surface area (Å²) in [6.07, 6.45) is 0.961. The van der Waals surface area contributed by atoms with Crippen molar-refractivity contribution < 1.29 is 4.74 Å². The van der Waals surface area contributed by atoms with Gasteiger partial charge in [0, 0.05) is 11.8 Å².